The summed E-state index contributed by atoms with van der Waals surface area (Å²) >= 11 is 0. The highest BCUT2D eigenvalue weighted by atomic mass is 16.5. The third-order valence-corrected chi connectivity index (χ3v) is 5.25. The van der Waals surface area contributed by atoms with Gasteiger partial charge in [-0.1, -0.05) is 12.1 Å². The van der Waals surface area contributed by atoms with Crippen LogP contribution in [0.1, 0.15) is 30.7 Å². The fourth-order valence-electron chi connectivity index (χ4n) is 3.87. The van der Waals surface area contributed by atoms with Crippen molar-refractivity contribution in [3.05, 3.63) is 54.0 Å². The topological polar surface area (TPSA) is 60.2 Å². The molecule has 1 unspecified atom stereocenters. The van der Waals surface area contributed by atoms with E-state index in [1.165, 1.54) is 0 Å². The van der Waals surface area contributed by atoms with Gasteiger partial charge in [0, 0.05) is 31.7 Å². The van der Waals surface area contributed by atoms with E-state index in [0.717, 1.165) is 47.8 Å². The van der Waals surface area contributed by atoms with E-state index in [-0.39, 0.29) is 11.8 Å². The van der Waals surface area contributed by atoms with Crippen molar-refractivity contribution < 1.29 is 9.53 Å². The Bertz CT molecular complexity index is 966. The Morgan fingerprint density at radius 2 is 2.19 bits per heavy atom. The van der Waals surface area contributed by atoms with Crippen LogP contribution in [0.15, 0.2) is 42.6 Å². The molecule has 1 aromatic carbocycles. The van der Waals surface area contributed by atoms with Gasteiger partial charge in [0.05, 0.1) is 13.5 Å². The standard InChI is InChI=1S/C21H24N4O2/c1-3-25-20(23-18-8-5-10-22-21(18)25)16-9-11-24(14-16)19(26)13-15-6-4-7-17(12-15)27-2/h4-8,10,12,16H,3,9,11,13-14H2,1-2H3. The number of carbonyl (C=O) groups is 1. The molecule has 0 saturated carbocycles. The van der Waals surface area contributed by atoms with Gasteiger partial charge in [0.2, 0.25) is 5.91 Å². The van der Waals surface area contributed by atoms with Crippen molar-refractivity contribution in [2.24, 2.45) is 0 Å². The van der Waals surface area contributed by atoms with Crippen molar-refractivity contribution in [1.82, 2.24) is 19.4 Å². The molecule has 0 N–H and O–H groups in total. The Balaban J connectivity index is 1.49. The molecule has 0 radical (unpaired) electrons. The molecule has 6 nitrogen and oxygen atoms in total. The molecule has 3 aromatic rings. The highest BCUT2D eigenvalue weighted by Crippen LogP contribution is 2.29. The monoisotopic (exact) mass is 364 g/mol. The summed E-state index contributed by atoms with van der Waals surface area (Å²) in [5.74, 6) is 2.24. The van der Waals surface area contributed by atoms with Crippen LogP contribution >= 0.6 is 0 Å². The van der Waals surface area contributed by atoms with Crippen molar-refractivity contribution in [1.29, 1.82) is 0 Å². The van der Waals surface area contributed by atoms with E-state index < -0.39 is 0 Å². The van der Waals surface area contributed by atoms with Gasteiger partial charge < -0.3 is 14.2 Å². The maximum Gasteiger partial charge on any atom is 0.227 e. The zero-order valence-corrected chi connectivity index (χ0v) is 15.8. The first-order valence-electron chi connectivity index (χ1n) is 9.41. The van der Waals surface area contributed by atoms with Gasteiger partial charge in [-0.3, -0.25) is 4.79 Å². The predicted octanol–water partition coefficient (Wildman–Crippen LogP) is 3.02. The zero-order chi connectivity index (χ0) is 18.8. The fourth-order valence-corrected chi connectivity index (χ4v) is 3.87. The van der Waals surface area contributed by atoms with Crippen molar-refractivity contribution in [3.8, 4) is 5.75 Å². The quantitative estimate of drug-likeness (QED) is 0.698. The molecule has 27 heavy (non-hydrogen) atoms. The summed E-state index contributed by atoms with van der Waals surface area (Å²) in [5, 5.41) is 0. The molecule has 1 atom stereocenters. The zero-order valence-electron chi connectivity index (χ0n) is 15.8. The number of hydrogen-bond donors (Lipinski definition) is 0. The molecule has 1 saturated heterocycles. The van der Waals surface area contributed by atoms with Crippen molar-refractivity contribution in [3.63, 3.8) is 0 Å². The maximum absolute atomic E-state index is 12.8. The molecular formula is C21H24N4O2. The molecule has 1 fully saturated rings. The number of aromatic nitrogens is 3. The minimum absolute atomic E-state index is 0.156. The number of carbonyl (C=O) groups excluding carboxylic acids is 1. The normalized spacial score (nSPS) is 16.8. The van der Waals surface area contributed by atoms with Gasteiger partial charge in [0.25, 0.3) is 0 Å². The fraction of sp³-hybridized carbons (Fsp3) is 0.381. The van der Waals surface area contributed by atoms with Crippen LogP contribution in [0.5, 0.6) is 5.75 Å². The van der Waals surface area contributed by atoms with Crippen LogP contribution in [0.2, 0.25) is 0 Å². The second kappa shape index (κ2) is 7.39. The van der Waals surface area contributed by atoms with E-state index in [1.807, 2.05) is 41.3 Å². The van der Waals surface area contributed by atoms with Crippen LogP contribution in [0.3, 0.4) is 0 Å². The first-order chi connectivity index (χ1) is 13.2. The number of hydrogen-bond acceptors (Lipinski definition) is 4. The summed E-state index contributed by atoms with van der Waals surface area (Å²) in [6.45, 7) is 4.43. The number of fused-ring (bicyclic) bond motifs is 1. The van der Waals surface area contributed by atoms with Crippen LogP contribution in [-0.4, -0.2) is 45.5 Å². The molecular weight excluding hydrogens is 340 g/mol. The number of benzene rings is 1. The molecule has 1 aliphatic heterocycles. The Labute approximate surface area is 158 Å². The van der Waals surface area contributed by atoms with E-state index >= 15 is 0 Å². The van der Waals surface area contributed by atoms with E-state index in [1.54, 1.807) is 13.3 Å². The summed E-state index contributed by atoms with van der Waals surface area (Å²) in [7, 11) is 1.64. The second-order valence-electron chi connectivity index (χ2n) is 6.91. The Morgan fingerprint density at radius 1 is 1.30 bits per heavy atom. The first-order valence-corrected chi connectivity index (χ1v) is 9.41. The number of likely N-dealkylation sites (tertiary alicyclic amines) is 1. The number of amides is 1. The van der Waals surface area contributed by atoms with Gasteiger partial charge in [-0.15, -0.1) is 0 Å². The lowest BCUT2D eigenvalue weighted by molar-refractivity contribution is -0.129. The van der Waals surface area contributed by atoms with Gasteiger partial charge >= 0.3 is 0 Å². The number of ether oxygens (including phenoxy) is 1. The highest BCUT2D eigenvalue weighted by molar-refractivity contribution is 5.79. The van der Waals surface area contributed by atoms with Gasteiger partial charge in [-0.05, 0) is 43.2 Å². The molecule has 0 spiro atoms. The number of imidazole rings is 1. The second-order valence-corrected chi connectivity index (χ2v) is 6.91. The van der Waals surface area contributed by atoms with Crippen LogP contribution < -0.4 is 4.74 Å². The van der Waals surface area contributed by atoms with Crippen molar-refractivity contribution in [2.45, 2.75) is 32.2 Å². The molecule has 2 aromatic heterocycles. The number of pyridine rings is 1. The molecule has 1 aliphatic rings. The van der Waals surface area contributed by atoms with Crippen LogP contribution in [-0.2, 0) is 17.8 Å². The number of aryl methyl sites for hydroxylation is 1. The van der Waals surface area contributed by atoms with E-state index in [4.69, 9.17) is 9.72 Å². The Morgan fingerprint density at radius 3 is 3.00 bits per heavy atom. The molecule has 3 heterocycles. The molecule has 140 valence electrons. The lowest BCUT2D eigenvalue weighted by Crippen LogP contribution is -2.30. The lowest BCUT2D eigenvalue weighted by atomic mass is 10.1. The van der Waals surface area contributed by atoms with Gasteiger partial charge in [0.1, 0.15) is 17.1 Å². The number of methoxy groups -OCH3 is 1. The van der Waals surface area contributed by atoms with Crippen molar-refractivity contribution in [2.75, 3.05) is 20.2 Å². The van der Waals surface area contributed by atoms with Crippen LogP contribution in [0.4, 0.5) is 0 Å². The van der Waals surface area contributed by atoms with Crippen LogP contribution in [0.25, 0.3) is 11.2 Å². The summed E-state index contributed by atoms with van der Waals surface area (Å²) in [6, 6.07) is 11.6. The Kier molecular flexibility index (Phi) is 4.79. The Hall–Kier alpha value is -2.89. The van der Waals surface area contributed by atoms with E-state index in [9.17, 15) is 4.79 Å². The van der Waals surface area contributed by atoms with Crippen molar-refractivity contribution >= 4 is 17.1 Å². The minimum atomic E-state index is 0.156. The molecule has 4 rings (SSSR count). The molecule has 0 bridgehead atoms. The summed E-state index contributed by atoms with van der Waals surface area (Å²) in [5.41, 5.74) is 2.83. The maximum atomic E-state index is 12.8. The molecule has 1 amide bonds. The number of rotatable bonds is 5. The molecule has 0 aliphatic carbocycles. The van der Waals surface area contributed by atoms with Gasteiger partial charge in [-0.25, -0.2) is 9.97 Å². The average molecular weight is 364 g/mol. The third kappa shape index (κ3) is 3.39. The molecule has 6 heteroatoms. The smallest absolute Gasteiger partial charge is 0.227 e. The van der Waals surface area contributed by atoms with Crippen LogP contribution in [0, 0.1) is 0 Å². The number of nitrogens with zero attached hydrogens (tertiary/aromatic N) is 4. The lowest BCUT2D eigenvalue weighted by Gasteiger charge is -2.17. The largest absolute Gasteiger partial charge is 0.497 e. The summed E-state index contributed by atoms with van der Waals surface area (Å²) < 4.78 is 7.43. The minimum Gasteiger partial charge on any atom is -0.497 e. The highest BCUT2D eigenvalue weighted by Gasteiger charge is 2.30. The SMILES string of the molecule is CCn1c(C2CCN(C(=O)Cc3cccc(OC)c3)C2)nc2cccnc21. The van der Waals surface area contributed by atoms with Gasteiger partial charge in [0.15, 0.2) is 5.65 Å². The average Bonchev–Trinajstić information content (AvgIpc) is 3.32. The third-order valence-electron chi connectivity index (χ3n) is 5.25. The predicted molar refractivity (Wildman–Crippen MR) is 104 cm³/mol. The van der Waals surface area contributed by atoms with Gasteiger partial charge in [-0.2, -0.15) is 0 Å². The van der Waals surface area contributed by atoms with E-state index in [2.05, 4.69) is 16.5 Å². The summed E-state index contributed by atoms with van der Waals surface area (Å²) in [4.78, 5) is 24.0. The van der Waals surface area contributed by atoms with E-state index in [0.29, 0.717) is 13.0 Å². The first kappa shape index (κ1) is 17.5. The summed E-state index contributed by atoms with van der Waals surface area (Å²) in [6.07, 6.45) is 3.14.